The quantitative estimate of drug-likeness (QED) is 0.131. The molecule has 1 saturated carbocycles. The Labute approximate surface area is 344 Å². The smallest absolute Gasteiger partial charge is 0.410 e. The number of aliphatic hydroxyl groups excluding tert-OH is 1. The highest BCUT2D eigenvalue weighted by Gasteiger charge is 2.53. The van der Waals surface area contributed by atoms with Gasteiger partial charge in [-0.1, -0.05) is 12.2 Å². The van der Waals surface area contributed by atoms with Crippen LogP contribution in [0.3, 0.4) is 0 Å². The number of nitrogens with one attached hydrogen (secondary N) is 2. The van der Waals surface area contributed by atoms with Gasteiger partial charge in [0, 0.05) is 32.1 Å². The molecule has 0 aromatic carbocycles. The van der Waals surface area contributed by atoms with Crippen LogP contribution in [0.2, 0.25) is 0 Å². The molecule has 1 aliphatic carbocycles. The lowest BCUT2D eigenvalue weighted by Gasteiger charge is -2.28. The number of aromatic amines is 1. The third-order valence-electron chi connectivity index (χ3n) is 9.79. The lowest BCUT2D eigenvalue weighted by molar-refractivity contribution is -0.116. The van der Waals surface area contributed by atoms with Crippen LogP contribution in [0, 0.1) is 11.7 Å². The van der Waals surface area contributed by atoms with Gasteiger partial charge in [-0.3, -0.25) is 23.2 Å². The number of carbonyl (C=O) groups excluding carboxylic acids is 2. The summed E-state index contributed by atoms with van der Waals surface area (Å²) < 4.78 is 81.5. The molecule has 4 unspecified atom stereocenters. The Hall–Kier alpha value is -3.48. The van der Waals surface area contributed by atoms with Crippen LogP contribution in [-0.2, 0) is 48.7 Å². The number of aliphatic hydroxyl groups is 1. The first-order valence-electron chi connectivity index (χ1n) is 18.2. The number of anilines is 1. The van der Waals surface area contributed by atoms with E-state index in [-0.39, 0.29) is 42.0 Å². The van der Waals surface area contributed by atoms with Crippen molar-refractivity contribution < 1.29 is 60.5 Å². The number of carbonyl (C=O) groups is 2. The number of hydrogen-bond acceptors (Lipinski definition) is 16. The van der Waals surface area contributed by atoms with E-state index in [4.69, 9.17) is 39.4 Å². The molecule has 59 heavy (non-hydrogen) atoms. The highest BCUT2D eigenvalue weighted by molar-refractivity contribution is 8.44. The fourth-order valence-electron chi connectivity index (χ4n) is 7.08. The zero-order chi connectivity index (χ0) is 42.6. The Morgan fingerprint density at radius 2 is 1.92 bits per heavy atom. The summed E-state index contributed by atoms with van der Waals surface area (Å²) in [7, 11) is 1.56. The predicted octanol–water partition coefficient (Wildman–Crippen LogP) is 3.52. The van der Waals surface area contributed by atoms with E-state index in [1.165, 1.54) is 15.8 Å². The maximum atomic E-state index is 16.6. The molecule has 10 atom stereocenters. The number of alkyl halides is 1. The number of aromatic nitrogens is 7. The van der Waals surface area contributed by atoms with Crippen LogP contribution in [0.1, 0.15) is 52.3 Å². The molecule has 3 aliphatic rings. The molecular formula is C32H41F2N9O12P2S2. The van der Waals surface area contributed by atoms with Crippen molar-refractivity contribution in [3.8, 4) is 0 Å². The molecule has 7 rings (SSSR count). The number of imidazole rings is 1. The Kier molecular flexibility index (Phi) is 12.4. The summed E-state index contributed by atoms with van der Waals surface area (Å²) in [5.74, 6) is -2.31. The number of rotatable bonds is 7. The number of H-pyrrole nitrogens is 1. The van der Waals surface area contributed by atoms with Gasteiger partial charge in [-0.2, -0.15) is 0 Å². The van der Waals surface area contributed by atoms with Crippen molar-refractivity contribution in [1.29, 1.82) is 0 Å². The maximum Gasteiger partial charge on any atom is 0.410 e. The predicted molar refractivity (Wildman–Crippen MR) is 209 cm³/mol. The number of ether oxygens (including phenoxy) is 2. The van der Waals surface area contributed by atoms with E-state index < -0.39 is 110 Å². The molecule has 4 N–H and O–H groups in total. The average molecular weight is 908 g/mol. The van der Waals surface area contributed by atoms with Gasteiger partial charge in [0.2, 0.25) is 5.91 Å². The number of fused-ring (bicyclic) bond motifs is 5. The highest BCUT2D eigenvalue weighted by Crippen LogP contribution is 2.59. The second-order valence-corrected chi connectivity index (χ2v) is 20.8. The van der Waals surface area contributed by atoms with Gasteiger partial charge in [-0.05, 0) is 45.4 Å². The molecule has 0 radical (unpaired) electrons. The van der Waals surface area contributed by atoms with Crippen LogP contribution in [0.4, 0.5) is 19.4 Å². The first kappa shape index (κ1) is 43.6. The Bertz CT molecular complexity index is 2400. The van der Waals surface area contributed by atoms with Crippen molar-refractivity contribution in [3.05, 3.63) is 41.3 Å². The van der Waals surface area contributed by atoms with E-state index >= 15 is 4.39 Å². The summed E-state index contributed by atoms with van der Waals surface area (Å²) in [5.41, 5.74) is -1.37. The standard InChI is InChI=1S/C32H41F2N9O12P2S2/c1-32(2,3)53-31(47)41(4)7-5-6-19(44)40-26-22-28(37-12-35-26)43(14-39-22)17-8-15-10-50-56(48,58)55-25-23(45)18(11-51-57(49,59)54-24(15)21(17)34)52-30(25)42-9-16(33)20-27(42)36-13-38-29(20)46/h9,12-15,17-18,21,23-25,30,45H,5-8,10-11H2,1-4H3,(H,48,58)(H,49,59)(H,36,38,46)(H,35,37,40,44)/t15?,17-,18?,21+,23-,24-,25-,30-,56?,57?/m1/s1. The Morgan fingerprint density at radius 3 is 2.66 bits per heavy atom. The molecule has 4 aromatic heterocycles. The van der Waals surface area contributed by atoms with Crippen molar-refractivity contribution in [1.82, 2.24) is 39.0 Å². The number of thiol groups is 1. The van der Waals surface area contributed by atoms with Gasteiger partial charge in [0.05, 0.1) is 31.9 Å². The van der Waals surface area contributed by atoms with Gasteiger partial charge in [-0.25, -0.2) is 38.1 Å². The molecule has 322 valence electrons. The zero-order valence-electron chi connectivity index (χ0n) is 31.8. The van der Waals surface area contributed by atoms with E-state index in [0.717, 1.165) is 23.4 Å². The fraction of sp³-hybridized carbons (Fsp3) is 0.594. The monoisotopic (exact) mass is 907 g/mol. The van der Waals surface area contributed by atoms with Crippen molar-refractivity contribution in [2.45, 2.75) is 88.5 Å². The SMILES string of the molecule is CN(CCCC(=O)Nc1ncnc2c1ncn2[C@@H]1CC2COP(O)(=S)O[C@@H]3[C@H](O)C(COP(=O)(S)O[C@H]2[C@H]1F)O[C@H]3n1cc(F)c2c(=O)[nH]cnc21)C(=O)OC(C)(C)C. The second-order valence-electron chi connectivity index (χ2n) is 15.1. The summed E-state index contributed by atoms with van der Waals surface area (Å²) >= 11 is 9.37. The van der Waals surface area contributed by atoms with Gasteiger partial charge < -0.3 is 48.3 Å². The van der Waals surface area contributed by atoms with E-state index in [1.807, 2.05) is 0 Å². The van der Waals surface area contributed by atoms with Crippen molar-refractivity contribution in [2.24, 2.45) is 5.92 Å². The highest BCUT2D eigenvalue weighted by atomic mass is 32.7. The van der Waals surface area contributed by atoms with Gasteiger partial charge in [0.15, 0.2) is 34.7 Å². The van der Waals surface area contributed by atoms with Crippen LogP contribution in [0.25, 0.3) is 22.2 Å². The molecule has 21 nitrogen and oxygen atoms in total. The van der Waals surface area contributed by atoms with E-state index in [0.29, 0.717) is 6.42 Å². The van der Waals surface area contributed by atoms with Crippen LogP contribution in [0.5, 0.6) is 0 Å². The number of hydrogen-bond donors (Lipinski definition) is 5. The summed E-state index contributed by atoms with van der Waals surface area (Å²) in [6.07, 6.45) is -5.42. The third-order valence-corrected chi connectivity index (χ3v) is 13.0. The van der Waals surface area contributed by atoms with Crippen molar-refractivity contribution in [3.63, 3.8) is 0 Å². The molecule has 3 fully saturated rings. The number of nitrogens with zero attached hydrogens (tertiary/aromatic N) is 7. The lowest BCUT2D eigenvalue weighted by atomic mass is 10.1. The van der Waals surface area contributed by atoms with Crippen LogP contribution < -0.4 is 10.9 Å². The van der Waals surface area contributed by atoms with Gasteiger partial charge in [-0.15, -0.1) is 0 Å². The largest absolute Gasteiger partial charge is 0.444 e. The number of amides is 2. The molecule has 2 aliphatic heterocycles. The minimum Gasteiger partial charge on any atom is -0.444 e. The molecule has 0 spiro atoms. The topological polar surface area (TPSA) is 257 Å². The van der Waals surface area contributed by atoms with Gasteiger partial charge in [0.25, 0.3) is 5.56 Å². The fourth-order valence-corrected chi connectivity index (χ4v) is 10.1. The molecule has 2 bridgehead atoms. The minimum absolute atomic E-state index is 0.0238. The molecule has 4 aromatic rings. The first-order valence-corrected chi connectivity index (χ1v) is 23.4. The first-order chi connectivity index (χ1) is 27.7. The van der Waals surface area contributed by atoms with E-state index in [2.05, 4.69) is 42.5 Å². The molecule has 2 amide bonds. The average Bonchev–Trinajstić information content (AvgIpc) is 3.89. The van der Waals surface area contributed by atoms with Gasteiger partial charge in [0.1, 0.15) is 47.9 Å². The Morgan fingerprint density at radius 1 is 1.15 bits per heavy atom. The van der Waals surface area contributed by atoms with Crippen LogP contribution in [0.15, 0.2) is 30.0 Å². The minimum atomic E-state index is -4.45. The normalized spacial score (nSPS) is 31.6. The van der Waals surface area contributed by atoms with Crippen molar-refractivity contribution in [2.75, 3.05) is 32.1 Å². The molecule has 2 saturated heterocycles. The summed E-state index contributed by atoms with van der Waals surface area (Å²) in [5, 5.41) is 13.5. The zero-order valence-corrected chi connectivity index (χ0v) is 35.3. The summed E-state index contributed by atoms with van der Waals surface area (Å²) in [6.45, 7) is -4.48. The molecule has 6 heterocycles. The number of halogens is 2. The maximum absolute atomic E-state index is 16.6. The van der Waals surface area contributed by atoms with E-state index in [1.54, 1.807) is 27.8 Å². The summed E-state index contributed by atoms with van der Waals surface area (Å²) in [4.78, 5) is 69.1. The van der Waals surface area contributed by atoms with Crippen LogP contribution in [-0.4, -0.2) is 124 Å². The summed E-state index contributed by atoms with van der Waals surface area (Å²) in [6, 6.07) is -1.09. The second kappa shape index (κ2) is 16.8. The van der Waals surface area contributed by atoms with E-state index in [9.17, 15) is 33.3 Å². The van der Waals surface area contributed by atoms with Gasteiger partial charge >= 0.3 is 19.6 Å². The third kappa shape index (κ3) is 9.39. The Balaban J connectivity index is 1.08. The molecule has 27 heteroatoms. The lowest BCUT2D eigenvalue weighted by Crippen LogP contribution is -2.35. The van der Waals surface area contributed by atoms with Crippen molar-refractivity contribution >= 4 is 77.6 Å². The molecular weight excluding hydrogens is 866 g/mol. The van der Waals surface area contributed by atoms with Crippen LogP contribution >= 0.6 is 25.8 Å².